The van der Waals surface area contributed by atoms with E-state index in [1.54, 1.807) is 0 Å². The van der Waals surface area contributed by atoms with Gasteiger partial charge in [-0.2, -0.15) is 0 Å². The summed E-state index contributed by atoms with van der Waals surface area (Å²) in [5, 5.41) is 10.3. The molecular weight excluding hydrogens is 172 g/mol. The van der Waals surface area contributed by atoms with Gasteiger partial charge in [-0.05, 0) is 48.3 Å². The van der Waals surface area contributed by atoms with Crippen LogP contribution < -0.4 is 0 Å². The van der Waals surface area contributed by atoms with E-state index < -0.39 is 0 Å². The first kappa shape index (κ1) is 7.70. The van der Waals surface area contributed by atoms with E-state index in [4.69, 9.17) is 0 Å². The minimum absolute atomic E-state index is 0.00917. The van der Waals surface area contributed by atoms with Gasteiger partial charge in [0.05, 0.1) is 6.10 Å². The molecule has 0 aliphatic heterocycles. The fourth-order valence-electron chi connectivity index (χ4n) is 4.84. The SMILES string of the molecule is OC1[C@@H]2[C@H]3C=CC[C@@H]2[C@@H]2CC=C[C@H]3[C@H]12. The Morgan fingerprint density at radius 3 is 1.86 bits per heavy atom. The summed E-state index contributed by atoms with van der Waals surface area (Å²) in [6.45, 7) is 0. The van der Waals surface area contributed by atoms with Gasteiger partial charge in [0.25, 0.3) is 0 Å². The van der Waals surface area contributed by atoms with E-state index in [-0.39, 0.29) is 6.10 Å². The zero-order valence-electron chi connectivity index (χ0n) is 8.21. The van der Waals surface area contributed by atoms with Crippen LogP contribution in [-0.4, -0.2) is 11.2 Å². The molecule has 0 saturated heterocycles. The van der Waals surface area contributed by atoms with Gasteiger partial charge < -0.3 is 5.11 Å². The van der Waals surface area contributed by atoms with Crippen molar-refractivity contribution >= 4 is 0 Å². The lowest BCUT2D eigenvalue weighted by Crippen LogP contribution is -2.36. The van der Waals surface area contributed by atoms with Crippen molar-refractivity contribution in [1.29, 1.82) is 0 Å². The molecule has 2 fully saturated rings. The lowest BCUT2D eigenvalue weighted by molar-refractivity contribution is 0.110. The van der Waals surface area contributed by atoms with Crippen LogP contribution in [0.1, 0.15) is 12.8 Å². The van der Waals surface area contributed by atoms with Gasteiger partial charge >= 0.3 is 0 Å². The monoisotopic (exact) mass is 188 g/mol. The van der Waals surface area contributed by atoms with Crippen molar-refractivity contribution in [2.45, 2.75) is 18.9 Å². The summed E-state index contributed by atoms with van der Waals surface area (Å²) >= 11 is 0. The predicted octanol–water partition coefficient (Wildman–Crippen LogP) is 1.99. The molecule has 1 N–H and O–H groups in total. The quantitative estimate of drug-likeness (QED) is 0.576. The first-order chi connectivity index (χ1) is 6.88. The number of rotatable bonds is 0. The van der Waals surface area contributed by atoms with E-state index >= 15 is 0 Å². The van der Waals surface area contributed by atoms with E-state index in [0.717, 1.165) is 11.8 Å². The Kier molecular flexibility index (Phi) is 1.28. The minimum Gasteiger partial charge on any atom is -0.392 e. The Hall–Kier alpha value is -0.560. The molecule has 4 aliphatic carbocycles. The third-order valence-electron chi connectivity index (χ3n) is 5.19. The van der Waals surface area contributed by atoms with E-state index in [1.165, 1.54) is 12.8 Å². The topological polar surface area (TPSA) is 20.2 Å². The molecule has 7 atom stereocenters. The molecule has 0 amide bonds. The van der Waals surface area contributed by atoms with Crippen LogP contribution in [-0.2, 0) is 0 Å². The van der Waals surface area contributed by atoms with Gasteiger partial charge in [-0.25, -0.2) is 0 Å². The third-order valence-corrected chi connectivity index (χ3v) is 5.19. The van der Waals surface area contributed by atoms with Gasteiger partial charge in [0, 0.05) is 0 Å². The molecule has 14 heavy (non-hydrogen) atoms. The standard InChI is InChI=1S/C13H16O/c14-13-11-7-3-1-4-8(11)10-6-2-5-9(7)12(10)13/h1-3,5,7-14H,4,6H2/t7-,8+,9+,10-,11+,12-,13?. The van der Waals surface area contributed by atoms with Gasteiger partial charge in [-0.15, -0.1) is 0 Å². The summed E-state index contributed by atoms with van der Waals surface area (Å²) in [6, 6.07) is 0. The van der Waals surface area contributed by atoms with Crippen molar-refractivity contribution in [3.63, 3.8) is 0 Å². The van der Waals surface area contributed by atoms with Crippen LogP contribution in [0.15, 0.2) is 24.3 Å². The molecule has 4 aliphatic rings. The Balaban J connectivity index is 1.91. The average Bonchev–Trinajstić information content (AvgIpc) is 2.68. The second-order valence-corrected chi connectivity index (χ2v) is 5.46. The van der Waals surface area contributed by atoms with Crippen molar-refractivity contribution in [3.05, 3.63) is 24.3 Å². The van der Waals surface area contributed by atoms with E-state index in [9.17, 15) is 5.11 Å². The summed E-state index contributed by atoms with van der Waals surface area (Å²) in [5.74, 6) is 4.13. The van der Waals surface area contributed by atoms with Gasteiger partial charge in [0.15, 0.2) is 0 Å². The highest BCUT2D eigenvalue weighted by molar-refractivity contribution is 5.25. The van der Waals surface area contributed by atoms with Crippen molar-refractivity contribution < 1.29 is 5.11 Å². The van der Waals surface area contributed by atoms with Crippen LogP contribution >= 0.6 is 0 Å². The molecule has 0 aromatic rings. The molecule has 0 heterocycles. The summed E-state index contributed by atoms with van der Waals surface area (Å²) in [4.78, 5) is 0. The second kappa shape index (κ2) is 2.33. The van der Waals surface area contributed by atoms with Crippen molar-refractivity contribution in [2.75, 3.05) is 0 Å². The zero-order chi connectivity index (χ0) is 9.28. The molecular formula is C13H16O. The van der Waals surface area contributed by atoms with Crippen LogP contribution in [0.25, 0.3) is 0 Å². The number of aliphatic hydroxyl groups excluding tert-OH is 1. The van der Waals surface area contributed by atoms with Crippen LogP contribution in [0.3, 0.4) is 0 Å². The highest BCUT2D eigenvalue weighted by atomic mass is 16.3. The first-order valence-electron chi connectivity index (χ1n) is 5.89. The number of allylic oxidation sites excluding steroid dienone is 4. The molecule has 74 valence electrons. The lowest BCUT2D eigenvalue weighted by atomic mass is 9.62. The minimum atomic E-state index is 0.00917. The maximum Gasteiger partial charge on any atom is 0.0613 e. The molecule has 1 unspecified atom stereocenters. The smallest absolute Gasteiger partial charge is 0.0613 e. The largest absolute Gasteiger partial charge is 0.392 e. The summed E-state index contributed by atoms with van der Waals surface area (Å²) in [5.41, 5.74) is 0. The Labute approximate surface area is 84.5 Å². The predicted molar refractivity (Wildman–Crippen MR) is 54.5 cm³/mol. The van der Waals surface area contributed by atoms with Crippen LogP contribution in [0.2, 0.25) is 0 Å². The molecule has 4 rings (SSSR count). The molecule has 0 aromatic heterocycles. The van der Waals surface area contributed by atoms with Gasteiger partial charge in [-0.1, -0.05) is 24.3 Å². The molecule has 1 nitrogen and oxygen atoms in total. The summed E-state index contributed by atoms with van der Waals surface area (Å²) in [7, 11) is 0. The van der Waals surface area contributed by atoms with Gasteiger partial charge in [0.2, 0.25) is 0 Å². The maximum absolute atomic E-state index is 10.3. The molecule has 2 bridgehead atoms. The van der Waals surface area contributed by atoms with E-state index in [2.05, 4.69) is 24.3 Å². The van der Waals surface area contributed by atoms with E-state index in [1.807, 2.05) is 0 Å². The zero-order valence-corrected chi connectivity index (χ0v) is 8.21. The Morgan fingerprint density at radius 2 is 1.36 bits per heavy atom. The van der Waals surface area contributed by atoms with E-state index in [0.29, 0.717) is 23.7 Å². The summed E-state index contributed by atoms with van der Waals surface area (Å²) in [6.07, 6.45) is 11.9. The Morgan fingerprint density at radius 1 is 0.857 bits per heavy atom. The number of aliphatic hydroxyl groups is 1. The number of hydrogen-bond donors (Lipinski definition) is 1. The molecule has 2 saturated carbocycles. The van der Waals surface area contributed by atoms with Crippen LogP contribution in [0, 0.1) is 35.5 Å². The highest BCUT2D eigenvalue weighted by Crippen LogP contribution is 2.64. The highest BCUT2D eigenvalue weighted by Gasteiger charge is 2.62. The molecule has 0 aromatic carbocycles. The fourth-order valence-corrected chi connectivity index (χ4v) is 4.84. The normalized spacial score (nSPS) is 62.2. The number of fused-ring (bicyclic) bond motifs is 2. The maximum atomic E-state index is 10.3. The van der Waals surface area contributed by atoms with Crippen molar-refractivity contribution in [1.82, 2.24) is 0 Å². The van der Waals surface area contributed by atoms with Crippen molar-refractivity contribution in [3.8, 4) is 0 Å². The molecule has 0 radical (unpaired) electrons. The van der Waals surface area contributed by atoms with Crippen molar-refractivity contribution in [2.24, 2.45) is 35.5 Å². The Bertz CT molecular complexity index is 298. The average molecular weight is 188 g/mol. The molecule has 0 spiro atoms. The van der Waals surface area contributed by atoms with Crippen LogP contribution in [0.4, 0.5) is 0 Å². The van der Waals surface area contributed by atoms with Crippen LogP contribution in [0.5, 0.6) is 0 Å². The fraction of sp³-hybridized carbons (Fsp3) is 0.692. The second-order valence-electron chi connectivity index (χ2n) is 5.46. The third kappa shape index (κ3) is 0.661. The van der Waals surface area contributed by atoms with Gasteiger partial charge in [-0.3, -0.25) is 0 Å². The molecule has 1 heteroatoms. The first-order valence-corrected chi connectivity index (χ1v) is 5.89. The number of hydrogen-bond acceptors (Lipinski definition) is 1. The lowest BCUT2D eigenvalue weighted by Gasteiger charge is -2.42. The summed E-state index contributed by atoms with van der Waals surface area (Å²) < 4.78 is 0. The van der Waals surface area contributed by atoms with Gasteiger partial charge in [0.1, 0.15) is 0 Å².